The molecule has 1 aliphatic rings. The van der Waals surface area contributed by atoms with Crippen LogP contribution >= 0.6 is 0 Å². The molecule has 0 aliphatic heterocycles. The van der Waals surface area contributed by atoms with Crippen LogP contribution in [-0.2, 0) is 0 Å². The molecule has 0 bridgehead atoms. The van der Waals surface area contributed by atoms with E-state index in [-0.39, 0.29) is 0 Å². The van der Waals surface area contributed by atoms with Crippen LogP contribution in [0.15, 0.2) is 23.5 Å². The van der Waals surface area contributed by atoms with Gasteiger partial charge in [0.1, 0.15) is 5.76 Å². The molecule has 1 unspecified atom stereocenters. The molecular weight excluding hydrogens is 296 g/mol. The summed E-state index contributed by atoms with van der Waals surface area (Å²) in [5.74, 6) is 0.399. The lowest BCUT2D eigenvalue weighted by Gasteiger charge is -2.29. The Bertz CT molecular complexity index is 383. The van der Waals surface area contributed by atoms with E-state index in [2.05, 4.69) is 13.8 Å². The van der Waals surface area contributed by atoms with Gasteiger partial charge in [-0.1, -0.05) is 84.5 Å². The first-order chi connectivity index (χ1) is 11.6. The zero-order valence-corrected chi connectivity index (χ0v) is 16.2. The molecule has 0 amide bonds. The minimum absolute atomic E-state index is 0.399. The molecule has 0 heterocycles. The Balaban J connectivity index is 2.26. The zero-order valence-electron chi connectivity index (χ0n) is 16.2. The summed E-state index contributed by atoms with van der Waals surface area (Å²) in [5.41, 5.74) is 0.329. The molecule has 2 N–H and O–H groups in total. The van der Waals surface area contributed by atoms with Gasteiger partial charge in [0.05, 0.1) is 5.60 Å². The maximum Gasteiger partial charge on any atom is 0.114 e. The van der Waals surface area contributed by atoms with Crippen molar-refractivity contribution in [1.82, 2.24) is 0 Å². The predicted molar refractivity (Wildman–Crippen MR) is 104 cm³/mol. The monoisotopic (exact) mass is 336 g/mol. The third-order valence-corrected chi connectivity index (χ3v) is 5.23. The van der Waals surface area contributed by atoms with Crippen LogP contribution in [0.4, 0.5) is 0 Å². The summed E-state index contributed by atoms with van der Waals surface area (Å²) in [7, 11) is 0. The van der Waals surface area contributed by atoms with Gasteiger partial charge in [-0.25, -0.2) is 0 Å². The highest BCUT2D eigenvalue weighted by Crippen LogP contribution is 2.33. The molecule has 2 nitrogen and oxygen atoms in total. The third-order valence-electron chi connectivity index (χ3n) is 5.23. The van der Waals surface area contributed by atoms with Gasteiger partial charge in [0.25, 0.3) is 0 Å². The number of hydrogen-bond donors (Lipinski definition) is 2. The molecule has 140 valence electrons. The van der Waals surface area contributed by atoms with E-state index in [1.807, 2.05) is 6.08 Å². The highest BCUT2D eigenvalue weighted by Gasteiger charge is 2.28. The second-order valence-corrected chi connectivity index (χ2v) is 7.64. The zero-order chi connectivity index (χ0) is 17.7. The molecule has 0 aromatic heterocycles. The van der Waals surface area contributed by atoms with Gasteiger partial charge in [-0.3, -0.25) is 0 Å². The summed E-state index contributed by atoms with van der Waals surface area (Å²) >= 11 is 0. The van der Waals surface area contributed by atoms with E-state index in [1.54, 1.807) is 6.08 Å². The summed E-state index contributed by atoms with van der Waals surface area (Å²) < 4.78 is 0. The van der Waals surface area contributed by atoms with Crippen molar-refractivity contribution in [2.75, 3.05) is 0 Å². The molecule has 0 aromatic rings. The molecule has 0 saturated heterocycles. The lowest BCUT2D eigenvalue weighted by molar-refractivity contribution is 0.0737. The van der Waals surface area contributed by atoms with E-state index in [4.69, 9.17) is 0 Å². The van der Waals surface area contributed by atoms with E-state index >= 15 is 0 Å². The van der Waals surface area contributed by atoms with Crippen LogP contribution in [0.3, 0.4) is 0 Å². The Morgan fingerprint density at radius 2 is 1.38 bits per heavy atom. The van der Waals surface area contributed by atoms with Crippen LogP contribution in [0, 0.1) is 0 Å². The second-order valence-electron chi connectivity index (χ2n) is 7.64. The van der Waals surface area contributed by atoms with E-state index in [0.29, 0.717) is 12.2 Å². The summed E-state index contributed by atoms with van der Waals surface area (Å²) in [4.78, 5) is 0. The molecule has 0 radical (unpaired) electrons. The second kappa shape index (κ2) is 12.6. The number of rotatable bonds is 14. The first-order valence-electron chi connectivity index (χ1n) is 10.4. The molecule has 2 heteroatoms. The molecule has 0 fully saturated rings. The van der Waals surface area contributed by atoms with Crippen molar-refractivity contribution < 1.29 is 10.2 Å². The molecule has 1 atom stereocenters. The van der Waals surface area contributed by atoms with E-state index < -0.39 is 5.60 Å². The third kappa shape index (κ3) is 8.92. The van der Waals surface area contributed by atoms with Crippen LogP contribution < -0.4 is 0 Å². The van der Waals surface area contributed by atoms with E-state index in [0.717, 1.165) is 31.3 Å². The lowest BCUT2D eigenvalue weighted by Crippen LogP contribution is -2.29. The average Bonchev–Trinajstić information content (AvgIpc) is 2.57. The largest absolute Gasteiger partial charge is 0.508 e. The topological polar surface area (TPSA) is 40.5 Å². The predicted octanol–water partition coefficient (Wildman–Crippen LogP) is 6.99. The van der Waals surface area contributed by atoms with Crippen LogP contribution in [0.1, 0.15) is 110 Å². The molecule has 1 rings (SSSR count). The highest BCUT2D eigenvalue weighted by atomic mass is 16.3. The van der Waals surface area contributed by atoms with Crippen molar-refractivity contribution in [2.24, 2.45) is 0 Å². The number of hydrogen-bond acceptors (Lipinski definition) is 2. The Morgan fingerprint density at radius 1 is 0.833 bits per heavy atom. The normalized spacial score (nSPS) is 20.8. The quantitative estimate of drug-likeness (QED) is 0.335. The summed E-state index contributed by atoms with van der Waals surface area (Å²) in [6.45, 7) is 4.47. The van der Waals surface area contributed by atoms with Crippen molar-refractivity contribution in [3.05, 3.63) is 23.5 Å². The van der Waals surface area contributed by atoms with Gasteiger partial charge in [0.2, 0.25) is 0 Å². The first-order valence-corrected chi connectivity index (χ1v) is 10.4. The molecular formula is C22H40O2. The highest BCUT2D eigenvalue weighted by molar-refractivity contribution is 5.29. The van der Waals surface area contributed by atoms with Gasteiger partial charge >= 0.3 is 0 Å². The number of aliphatic hydroxyl groups excluding tert-OH is 1. The maximum atomic E-state index is 10.8. The smallest absolute Gasteiger partial charge is 0.114 e. The fourth-order valence-electron chi connectivity index (χ4n) is 3.59. The van der Waals surface area contributed by atoms with Gasteiger partial charge in [-0.05, 0) is 37.0 Å². The molecule has 0 aromatic carbocycles. The van der Waals surface area contributed by atoms with E-state index in [9.17, 15) is 10.2 Å². The Kier molecular flexibility index (Phi) is 11.2. The SMILES string of the molecule is CCCCCCCCC1=C(O)C=CC(O)(CCCCCCCC)C1. The molecule has 0 saturated carbocycles. The Labute approximate surface area is 150 Å². The average molecular weight is 337 g/mol. The van der Waals surface area contributed by atoms with Gasteiger partial charge < -0.3 is 10.2 Å². The van der Waals surface area contributed by atoms with Crippen LogP contribution in [0.25, 0.3) is 0 Å². The molecule has 24 heavy (non-hydrogen) atoms. The first kappa shape index (κ1) is 21.3. The van der Waals surface area contributed by atoms with Crippen molar-refractivity contribution in [3.8, 4) is 0 Å². The minimum Gasteiger partial charge on any atom is -0.508 e. The van der Waals surface area contributed by atoms with Gasteiger partial charge in [-0.2, -0.15) is 0 Å². The van der Waals surface area contributed by atoms with Crippen molar-refractivity contribution in [3.63, 3.8) is 0 Å². The van der Waals surface area contributed by atoms with Gasteiger partial charge in [-0.15, -0.1) is 0 Å². The maximum absolute atomic E-state index is 10.8. The molecule has 0 spiro atoms. The summed E-state index contributed by atoms with van der Waals surface area (Å²) in [6.07, 6.45) is 21.0. The standard InChI is InChI=1S/C22H40O2/c1-3-5-7-9-11-13-15-20-19-22(24,18-16-21(20)23)17-14-12-10-8-6-4-2/h16,18,23-24H,3-15,17,19H2,1-2H3. The Hall–Kier alpha value is -0.760. The van der Waals surface area contributed by atoms with E-state index in [1.165, 1.54) is 64.2 Å². The summed E-state index contributed by atoms with van der Waals surface area (Å²) in [5, 5.41) is 20.9. The van der Waals surface area contributed by atoms with Crippen LogP contribution in [0.2, 0.25) is 0 Å². The van der Waals surface area contributed by atoms with Crippen molar-refractivity contribution in [2.45, 2.75) is 116 Å². The van der Waals surface area contributed by atoms with Gasteiger partial charge in [0, 0.05) is 6.42 Å². The molecule has 1 aliphatic carbocycles. The minimum atomic E-state index is -0.728. The van der Waals surface area contributed by atoms with Crippen LogP contribution in [-0.4, -0.2) is 15.8 Å². The fourth-order valence-corrected chi connectivity index (χ4v) is 3.59. The Morgan fingerprint density at radius 3 is 2.00 bits per heavy atom. The van der Waals surface area contributed by atoms with Crippen molar-refractivity contribution in [1.29, 1.82) is 0 Å². The lowest BCUT2D eigenvalue weighted by atomic mass is 9.83. The fraction of sp³-hybridized carbons (Fsp3) is 0.818. The van der Waals surface area contributed by atoms with Crippen molar-refractivity contribution >= 4 is 0 Å². The van der Waals surface area contributed by atoms with Crippen LogP contribution in [0.5, 0.6) is 0 Å². The number of allylic oxidation sites excluding steroid dienone is 1. The van der Waals surface area contributed by atoms with Gasteiger partial charge in [0.15, 0.2) is 0 Å². The number of unbranched alkanes of at least 4 members (excludes halogenated alkanes) is 10. The summed E-state index contributed by atoms with van der Waals surface area (Å²) in [6, 6.07) is 0. The number of aliphatic hydroxyl groups is 2.